The fraction of sp³-hybridized carbons (Fsp3) is 0.467. The molecule has 0 spiro atoms. The normalized spacial score (nSPS) is 18.7. The molecule has 1 saturated heterocycles. The van der Waals surface area contributed by atoms with Crippen LogP contribution in [0.2, 0.25) is 0 Å². The zero-order valence-electron chi connectivity index (χ0n) is 12.4. The van der Waals surface area contributed by atoms with Gasteiger partial charge >= 0.3 is 12.6 Å². The van der Waals surface area contributed by atoms with Crippen molar-refractivity contribution in [1.82, 2.24) is 4.90 Å². The number of rotatable bonds is 6. The largest absolute Gasteiger partial charge is 0.480 e. The molecule has 0 bridgehead atoms. The second-order valence-electron chi connectivity index (χ2n) is 5.24. The van der Waals surface area contributed by atoms with Crippen molar-refractivity contribution in [2.45, 2.75) is 31.9 Å². The fourth-order valence-electron chi connectivity index (χ4n) is 2.60. The first kappa shape index (κ1) is 17.1. The number of benzene rings is 1. The van der Waals surface area contributed by atoms with Crippen LogP contribution in [0.5, 0.6) is 5.75 Å². The molecule has 23 heavy (non-hydrogen) atoms. The Hall–Kier alpha value is -2.22. The minimum atomic E-state index is -2.99. The maximum Gasteiger partial charge on any atom is 0.387 e. The van der Waals surface area contributed by atoms with Crippen molar-refractivity contribution in [3.8, 4) is 5.75 Å². The Morgan fingerprint density at radius 2 is 2.09 bits per heavy atom. The van der Waals surface area contributed by atoms with E-state index in [1.807, 2.05) is 0 Å². The third-order valence-corrected chi connectivity index (χ3v) is 3.62. The van der Waals surface area contributed by atoms with Gasteiger partial charge in [0.15, 0.2) is 0 Å². The first-order valence-corrected chi connectivity index (χ1v) is 7.28. The van der Waals surface area contributed by atoms with Crippen molar-refractivity contribution in [1.29, 1.82) is 0 Å². The summed E-state index contributed by atoms with van der Waals surface area (Å²) in [5.74, 6) is -1.56. The van der Waals surface area contributed by atoms with Gasteiger partial charge in [-0.05, 0) is 31.5 Å². The number of likely N-dealkylation sites (tertiary alicyclic amines) is 1. The third-order valence-electron chi connectivity index (χ3n) is 3.62. The van der Waals surface area contributed by atoms with Crippen LogP contribution in [0.3, 0.4) is 0 Å². The highest BCUT2D eigenvalue weighted by molar-refractivity contribution is 5.94. The van der Waals surface area contributed by atoms with E-state index < -0.39 is 24.5 Å². The number of ether oxygens (including phenoxy) is 1. The second kappa shape index (κ2) is 7.87. The number of nitrogens with zero attached hydrogens (tertiary/aromatic N) is 1. The van der Waals surface area contributed by atoms with Crippen molar-refractivity contribution >= 4 is 17.6 Å². The van der Waals surface area contributed by atoms with Gasteiger partial charge in [0, 0.05) is 0 Å². The Morgan fingerprint density at radius 3 is 2.78 bits per heavy atom. The summed E-state index contributed by atoms with van der Waals surface area (Å²) in [7, 11) is 0. The molecule has 0 aromatic heterocycles. The summed E-state index contributed by atoms with van der Waals surface area (Å²) in [6, 6.07) is 5.17. The number of para-hydroxylation sites is 2. The molecule has 126 valence electrons. The second-order valence-corrected chi connectivity index (χ2v) is 5.24. The van der Waals surface area contributed by atoms with Gasteiger partial charge in [-0.2, -0.15) is 8.78 Å². The van der Waals surface area contributed by atoms with Gasteiger partial charge in [-0.15, -0.1) is 0 Å². The molecule has 1 atom stereocenters. The number of carboxylic acid groups (broad SMARTS) is 1. The summed E-state index contributed by atoms with van der Waals surface area (Å²) >= 11 is 0. The zero-order valence-corrected chi connectivity index (χ0v) is 12.4. The van der Waals surface area contributed by atoms with E-state index in [2.05, 4.69) is 10.1 Å². The molecule has 0 aliphatic carbocycles. The predicted octanol–water partition coefficient (Wildman–Crippen LogP) is 2.17. The van der Waals surface area contributed by atoms with Gasteiger partial charge in [0.05, 0.1) is 12.2 Å². The molecule has 0 radical (unpaired) electrons. The van der Waals surface area contributed by atoms with Crippen LogP contribution in [-0.4, -0.2) is 47.6 Å². The van der Waals surface area contributed by atoms with E-state index in [0.717, 1.165) is 12.8 Å². The Labute approximate surface area is 132 Å². The first-order valence-electron chi connectivity index (χ1n) is 7.28. The van der Waals surface area contributed by atoms with Crippen LogP contribution in [0, 0.1) is 0 Å². The number of piperidine rings is 1. The molecule has 0 saturated carbocycles. The van der Waals surface area contributed by atoms with Crippen LogP contribution in [0.15, 0.2) is 24.3 Å². The number of alkyl halides is 2. The molecule has 1 unspecified atom stereocenters. The molecule has 2 N–H and O–H groups in total. The van der Waals surface area contributed by atoms with Crippen LogP contribution in [0.25, 0.3) is 0 Å². The number of nitrogens with one attached hydrogen (secondary N) is 1. The van der Waals surface area contributed by atoms with E-state index in [4.69, 9.17) is 0 Å². The monoisotopic (exact) mass is 328 g/mol. The molecule has 1 aromatic carbocycles. The van der Waals surface area contributed by atoms with Crippen molar-refractivity contribution in [2.75, 3.05) is 18.4 Å². The summed E-state index contributed by atoms with van der Waals surface area (Å²) in [5, 5.41) is 11.7. The molecule has 1 aliphatic rings. The van der Waals surface area contributed by atoms with Crippen LogP contribution in [0.1, 0.15) is 19.3 Å². The van der Waals surface area contributed by atoms with E-state index in [-0.39, 0.29) is 18.0 Å². The maximum absolute atomic E-state index is 12.3. The van der Waals surface area contributed by atoms with Gasteiger partial charge in [-0.3, -0.25) is 14.5 Å². The van der Waals surface area contributed by atoms with Crippen LogP contribution >= 0.6 is 0 Å². The summed E-state index contributed by atoms with van der Waals surface area (Å²) in [5.41, 5.74) is 0.127. The third kappa shape index (κ3) is 4.88. The number of aliphatic carboxylic acids is 1. The van der Waals surface area contributed by atoms with E-state index in [1.54, 1.807) is 11.0 Å². The number of anilines is 1. The Balaban J connectivity index is 2.00. The minimum absolute atomic E-state index is 0.111. The number of halogens is 2. The van der Waals surface area contributed by atoms with Crippen LogP contribution < -0.4 is 10.1 Å². The number of carbonyl (C=O) groups is 2. The van der Waals surface area contributed by atoms with Gasteiger partial charge in [0.2, 0.25) is 5.91 Å². The van der Waals surface area contributed by atoms with Gasteiger partial charge in [0.1, 0.15) is 11.8 Å². The lowest BCUT2D eigenvalue weighted by Gasteiger charge is -2.32. The minimum Gasteiger partial charge on any atom is -0.480 e. The highest BCUT2D eigenvalue weighted by atomic mass is 19.3. The summed E-state index contributed by atoms with van der Waals surface area (Å²) in [4.78, 5) is 24.9. The fourth-order valence-corrected chi connectivity index (χ4v) is 2.60. The standard InChI is InChI=1S/C15H18F2N2O4/c16-15(17)23-12-7-2-1-5-10(12)18-13(20)9-19-8-4-3-6-11(19)14(21)22/h1-2,5,7,11,15H,3-4,6,8-9H2,(H,18,20)(H,21,22). The number of hydrogen-bond acceptors (Lipinski definition) is 4. The molecule has 1 heterocycles. The number of amides is 1. The number of carbonyl (C=O) groups excluding carboxylic acids is 1. The lowest BCUT2D eigenvalue weighted by Crippen LogP contribution is -2.47. The highest BCUT2D eigenvalue weighted by Gasteiger charge is 2.29. The highest BCUT2D eigenvalue weighted by Crippen LogP contribution is 2.25. The molecule has 6 nitrogen and oxygen atoms in total. The molecule has 1 aromatic rings. The lowest BCUT2D eigenvalue weighted by molar-refractivity contribution is -0.145. The number of hydrogen-bond donors (Lipinski definition) is 2. The first-order chi connectivity index (χ1) is 11.0. The van der Waals surface area contributed by atoms with Gasteiger partial charge in [-0.1, -0.05) is 18.6 Å². The van der Waals surface area contributed by atoms with E-state index in [9.17, 15) is 23.5 Å². The smallest absolute Gasteiger partial charge is 0.387 e. The summed E-state index contributed by atoms with van der Waals surface area (Å²) < 4.78 is 29.0. The topological polar surface area (TPSA) is 78.9 Å². The van der Waals surface area contributed by atoms with Crippen molar-refractivity contribution in [3.63, 3.8) is 0 Å². The van der Waals surface area contributed by atoms with Gasteiger partial charge < -0.3 is 15.2 Å². The van der Waals surface area contributed by atoms with Crippen molar-refractivity contribution in [3.05, 3.63) is 24.3 Å². The van der Waals surface area contributed by atoms with Crippen molar-refractivity contribution in [2.24, 2.45) is 0 Å². The quantitative estimate of drug-likeness (QED) is 0.837. The average molecular weight is 328 g/mol. The number of carboxylic acids is 1. The molecule has 1 aliphatic heterocycles. The van der Waals surface area contributed by atoms with Crippen LogP contribution in [-0.2, 0) is 9.59 Å². The Kier molecular flexibility index (Phi) is 5.86. The van der Waals surface area contributed by atoms with E-state index in [0.29, 0.717) is 13.0 Å². The summed E-state index contributed by atoms with van der Waals surface area (Å²) in [6.45, 7) is -2.59. The molecular formula is C15H18F2N2O4. The van der Waals surface area contributed by atoms with E-state index >= 15 is 0 Å². The predicted molar refractivity (Wildman–Crippen MR) is 78.6 cm³/mol. The van der Waals surface area contributed by atoms with Crippen molar-refractivity contribution < 1.29 is 28.2 Å². The molecule has 1 amide bonds. The zero-order chi connectivity index (χ0) is 16.8. The Morgan fingerprint density at radius 1 is 1.35 bits per heavy atom. The van der Waals surface area contributed by atoms with Gasteiger partial charge in [0.25, 0.3) is 0 Å². The van der Waals surface area contributed by atoms with Crippen LogP contribution in [0.4, 0.5) is 14.5 Å². The molecule has 8 heteroatoms. The molecule has 2 rings (SSSR count). The lowest BCUT2D eigenvalue weighted by atomic mass is 10.0. The summed E-state index contributed by atoms with van der Waals surface area (Å²) in [6.07, 6.45) is 2.12. The Bertz CT molecular complexity index is 568. The maximum atomic E-state index is 12.3. The van der Waals surface area contributed by atoms with Gasteiger partial charge in [-0.25, -0.2) is 0 Å². The average Bonchev–Trinajstić information content (AvgIpc) is 2.49. The van der Waals surface area contributed by atoms with E-state index in [1.165, 1.54) is 18.2 Å². The SMILES string of the molecule is O=C(CN1CCCCC1C(=O)O)Nc1ccccc1OC(F)F. The molecule has 1 fully saturated rings. The molecular weight excluding hydrogens is 310 g/mol.